The van der Waals surface area contributed by atoms with Crippen molar-refractivity contribution < 1.29 is 72.4 Å². The van der Waals surface area contributed by atoms with Gasteiger partial charge in [0.1, 0.15) is 0 Å². The Morgan fingerprint density at radius 2 is 0.895 bits per heavy atom. The minimum Gasteiger partial charge on any atom is -0.780 e. The molecule has 3 nitrogen and oxygen atoms in total. The van der Waals surface area contributed by atoms with Gasteiger partial charge in [-0.25, -0.2) is 0 Å². The predicted molar refractivity (Wildman–Crippen MR) is 74.6 cm³/mol. The number of hydrogen-bond donors (Lipinski definition) is 0. The summed E-state index contributed by atoms with van der Waals surface area (Å²) < 4.78 is 26.7. The molecule has 0 saturated heterocycles. The molecule has 106 valence electrons. The Hall–Kier alpha value is 2.29. The fourth-order valence-electron chi connectivity index (χ4n) is 1.56. The van der Waals surface area contributed by atoms with Gasteiger partial charge in [-0.15, -0.1) is 9.05 Å². The Bertz CT molecular complexity index is 217. The smallest absolute Gasteiger partial charge is 0.780 e. The van der Waals surface area contributed by atoms with E-state index >= 15 is 0 Å². The Balaban J connectivity index is -0.000000139. The van der Waals surface area contributed by atoms with Crippen molar-refractivity contribution in [2.45, 2.75) is 78.1 Å². The van der Waals surface area contributed by atoms with E-state index in [1.807, 2.05) is 0 Å². The van der Waals surface area contributed by atoms with Crippen molar-refractivity contribution in [3.63, 3.8) is 0 Å². The molecule has 0 aliphatic heterocycles. The molecule has 0 aliphatic rings. The summed E-state index contributed by atoms with van der Waals surface area (Å²) in [6.07, 6.45) is 14.4. The molecule has 0 heterocycles. The molecule has 0 fully saturated rings. The fourth-order valence-corrected chi connectivity index (χ4v) is 1.56. The van der Waals surface area contributed by atoms with Crippen molar-refractivity contribution in [1.29, 1.82) is 0 Å². The molecule has 0 N–H and O–H groups in total. The van der Waals surface area contributed by atoms with Gasteiger partial charge >= 0.3 is 59.1 Å². The molecular formula is C12H26Na2O3S2. The van der Waals surface area contributed by atoms with Crippen molar-refractivity contribution in [3.05, 3.63) is 0 Å². The monoisotopic (exact) mass is 328 g/mol. The number of hydrogen-bond acceptors (Lipinski definition) is 4. The quantitative estimate of drug-likeness (QED) is 0.360. The first kappa shape index (κ1) is 29.3. The van der Waals surface area contributed by atoms with Crippen molar-refractivity contribution in [3.8, 4) is 0 Å². The zero-order valence-electron chi connectivity index (χ0n) is 13.1. The minimum absolute atomic E-state index is 0. The second-order valence-electron chi connectivity index (χ2n) is 4.24. The third-order valence-electron chi connectivity index (χ3n) is 2.46. The van der Waals surface area contributed by atoms with Gasteiger partial charge in [0.2, 0.25) is 0 Å². The average Bonchev–Trinajstić information content (AvgIpc) is 2.20. The van der Waals surface area contributed by atoms with Crippen LogP contribution in [0, 0.1) is 0 Å². The predicted octanol–water partition coefficient (Wildman–Crippen LogP) is -2.07. The molecule has 0 aromatic heterocycles. The van der Waals surface area contributed by atoms with E-state index in [2.05, 4.69) is 25.0 Å². The summed E-state index contributed by atoms with van der Waals surface area (Å²) in [5.41, 5.74) is 0. The van der Waals surface area contributed by atoms with E-state index in [1.54, 1.807) is 0 Å². The first-order valence-electron chi connectivity index (χ1n) is 6.58. The minimum atomic E-state index is -4.33. The van der Waals surface area contributed by atoms with Gasteiger partial charge in [-0.3, -0.25) is 4.21 Å². The molecule has 0 aromatic rings. The molecule has 0 aliphatic carbocycles. The molecule has 0 atom stereocenters. The Morgan fingerprint density at radius 3 is 1.05 bits per heavy atom. The second kappa shape index (κ2) is 22.6. The number of unbranched alkanes of at least 4 members (excludes halogenated alkanes) is 9. The van der Waals surface area contributed by atoms with Gasteiger partial charge in [-0.2, -0.15) is 0 Å². The van der Waals surface area contributed by atoms with Crippen LogP contribution in [0.1, 0.15) is 78.1 Å². The summed E-state index contributed by atoms with van der Waals surface area (Å²) in [5, 5.41) is 0. The van der Waals surface area contributed by atoms with Crippen molar-refractivity contribution >= 4 is 20.2 Å². The molecule has 0 saturated carbocycles. The van der Waals surface area contributed by atoms with Crippen LogP contribution in [0.4, 0.5) is 0 Å². The zero-order valence-corrected chi connectivity index (χ0v) is 18.7. The second-order valence-corrected chi connectivity index (χ2v) is 6.28. The Labute approximate surface area is 169 Å². The fraction of sp³-hybridized carbons (Fsp3) is 1.00. The first-order chi connectivity index (χ1) is 7.91. The topological polar surface area (TPSA) is 63.2 Å². The third-order valence-corrected chi connectivity index (χ3v) is 2.46. The largest absolute Gasteiger partial charge is 1.00 e. The van der Waals surface area contributed by atoms with Crippen LogP contribution in [0.2, 0.25) is 0 Å². The van der Waals surface area contributed by atoms with Gasteiger partial charge in [0.15, 0.2) is 0 Å². The maximum Gasteiger partial charge on any atom is 1.00 e. The summed E-state index contributed by atoms with van der Waals surface area (Å²) in [6.45, 7) is 4.56. The Kier molecular flexibility index (Phi) is 34.8. The molecule has 0 rings (SSSR count). The standard InChI is InChI=1S/C12H26.2Na.H2O3S2/c1-3-5-7-9-11-12-10-8-6-4-2;;;1-5(2,3)4/h3-12H2,1-2H3;;;(H2,1,2,3,4)/q;2*+1;/p-2. The van der Waals surface area contributed by atoms with Gasteiger partial charge in [-0.1, -0.05) is 78.1 Å². The summed E-state index contributed by atoms with van der Waals surface area (Å²) in [6, 6.07) is 0. The van der Waals surface area contributed by atoms with Crippen LogP contribution >= 0.6 is 0 Å². The molecule has 19 heavy (non-hydrogen) atoms. The van der Waals surface area contributed by atoms with Crippen molar-refractivity contribution in [2.75, 3.05) is 0 Å². The molecule has 7 heteroatoms. The first-order valence-corrected chi connectivity index (χ1v) is 8.91. The van der Waals surface area contributed by atoms with Gasteiger partial charge < -0.3 is 9.11 Å². The van der Waals surface area contributed by atoms with Crippen LogP contribution in [0.5, 0.6) is 0 Å². The summed E-state index contributed by atoms with van der Waals surface area (Å²) in [5.74, 6) is 0. The molecule has 0 aromatic carbocycles. The molecule has 0 bridgehead atoms. The van der Waals surface area contributed by atoms with Crippen LogP contribution in [-0.2, 0) is 20.2 Å². The van der Waals surface area contributed by atoms with Gasteiger partial charge in [-0.05, 0) is 11.2 Å². The number of rotatable bonds is 9. The zero-order chi connectivity index (χ0) is 13.6. The van der Waals surface area contributed by atoms with E-state index in [-0.39, 0.29) is 59.1 Å². The van der Waals surface area contributed by atoms with E-state index in [4.69, 9.17) is 13.3 Å². The molecule has 0 radical (unpaired) electrons. The maximum atomic E-state index is 8.89. The van der Waals surface area contributed by atoms with Crippen molar-refractivity contribution in [1.82, 2.24) is 0 Å². The van der Waals surface area contributed by atoms with E-state index in [0.29, 0.717) is 0 Å². The van der Waals surface area contributed by atoms with Crippen LogP contribution in [-0.4, -0.2) is 13.3 Å². The van der Waals surface area contributed by atoms with E-state index in [0.717, 1.165) is 0 Å². The summed E-state index contributed by atoms with van der Waals surface area (Å²) in [7, 11) is -4.33. The SMILES string of the molecule is CCCCCCCCCCCC.O=S([O-])([O-])=S.[Na+].[Na+]. The average molecular weight is 328 g/mol. The Morgan fingerprint density at radius 1 is 0.737 bits per heavy atom. The van der Waals surface area contributed by atoms with Crippen LogP contribution in [0.15, 0.2) is 0 Å². The van der Waals surface area contributed by atoms with E-state index in [1.165, 1.54) is 64.2 Å². The van der Waals surface area contributed by atoms with Gasteiger partial charge in [0.05, 0.1) is 0 Å². The summed E-state index contributed by atoms with van der Waals surface area (Å²) >= 11 is 3.24. The molecule has 0 amide bonds. The third kappa shape index (κ3) is 53.3. The normalized spacial score (nSPS) is 9.68. The molecular weight excluding hydrogens is 302 g/mol. The van der Waals surface area contributed by atoms with Crippen LogP contribution in [0.3, 0.4) is 0 Å². The molecule has 0 spiro atoms. The van der Waals surface area contributed by atoms with E-state index in [9.17, 15) is 0 Å². The van der Waals surface area contributed by atoms with Gasteiger partial charge in [0.25, 0.3) is 0 Å². The van der Waals surface area contributed by atoms with E-state index < -0.39 is 9.05 Å². The van der Waals surface area contributed by atoms with Crippen LogP contribution in [0.25, 0.3) is 0 Å². The molecule has 0 unspecified atom stereocenters. The van der Waals surface area contributed by atoms with Crippen LogP contribution < -0.4 is 59.1 Å². The maximum absolute atomic E-state index is 8.89. The van der Waals surface area contributed by atoms with Gasteiger partial charge in [0, 0.05) is 0 Å². The van der Waals surface area contributed by atoms with Crippen molar-refractivity contribution in [2.24, 2.45) is 0 Å². The summed E-state index contributed by atoms with van der Waals surface area (Å²) in [4.78, 5) is 0.